The van der Waals surface area contributed by atoms with Gasteiger partial charge in [-0.3, -0.25) is 9.36 Å². The standard InChI is InChI=1S/C7H18N3O3P/c1-5-13-14(12,9(2)3)10(4)6-7(8)11/h5-6H2,1-4H3,(H2,8,11). The maximum atomic E-state index is 12.2. The molecule has 0 saturated carbocycles. The smallest absolute Gasteiger partial charge is 0.345 e. The molecule has 0 aromatic heterocycles. The molecule has 0 aliphatic rings. The summed E-state index contributed by atoms with van der Waals surface area (Å²) in [4.78, 5) is 10.7. The monoisotopic (exact) mass is 223 g/mol. The van der Waals surface area contributed by atoms with Gasteiger partial charge in [0.15, 0.2) is 0 Å². The molecule has 1 atom stereocenters. The van der Waals surface area contributed by atoms with Crippen LogP contribution >= 0.6 is 7.67 Å². The van der Waals surface area contributed by atoms with Crippen molar-refractivity contribution in [3.05, 3.63) is 0 Å². The number of carbonyl (C=O) groups excluding carboxylic acids is 1. The number of nitrogens with two attached hydrogens (primary N) is 1. The number of likely N-dealkylation sites (N-methyl/N-ethyl adjacent to an activating group) is 1. The highest BCUT2D eigenvalue weighted by Crippen LogP contribution is 2.50. The Labute approximate surface area is 84.6 Å². The first kappa shape index (κ1) is 13.6. The molecule has 2 N–H and O–H groups in total. The maximum absolute atomic E-state index is 12.2. The fraction of sp³-hybridized carbons (Fsp3) is 0.857. The Hall–Kier alpha value is -0.420. The first-order valence-corrected chi connectivity index (χ1v) is 5.80. The maximum Gasteiger partial charge on any atom is 0.345 e. The topological polar surface area (TPSA) is 75.9 Å². The van der Waals surface area contributed by atoms with Gasteiger partial charge in [-0.25, -0.2) is 9.34 Å². The minimum atomic E-state index is -3.07. The summed E-state index contributed by atoms with van der Waals surface area (Å²) in [5.74, 6) is -0.533. The number of hydrogen-bond acceptors (Lipinski definition) is 3. The van der Waals surface area contributed by atoms with Crippen LogP contribution in [0.25, 0.3) is 0 Å². The van der Waals surface area contributed by atoms with Gasteiger partial charge >= 0.3 is 7.67 Å². The molecule has 6 nitrogen and oxygen atoms in total. The molecule has 0 spiro atoms. The van der Waals surface area contributed by atoms with E-state index in [9.17, 15) is 9.36 Å². The third kappa shape index (κ3) is 3.38. The van der Waals surface area contributed by atoms with Crippen LogP contribution in [0, 0.1) is 0 Å². The molecule has 0 saturated heterocycles. The Morgan fingerprint density at radius 2 is 1.93 bits per heavy atom. The molecule has 0 aromatic rings. The molecule has 0 rings (SSSR count). The van der Waals surface area contributed by atoms with Gasteiger partial charge in [0.05, 0.1) is 13.2 Å². The van der Waals surface area contributed by atoms with Gasteiger partial charge in [0.1, 0.15) is 0 Å². The van der Waals surface area contributed by atoms with Crippen molar-refractivity contribution in [2.75, 3.05) is 34.3 Å². The second-order valence-electron chi connectivity index (χ2n) is 3.04. The summed E-state index contributed by atoms with van der Waals surface area (Å²) in [6.07, 6.45) is 0. The minimum Gasteiger partial charge on any atom is -0.369 e. The molecule has 0 aliphatic carbocycles. The normalized spacial score (nSPS) is 15.9. The van der Waals surface area contributed by atoms with Crippen molar-refractivity contribution in [2.24, 2.45) is 5.73 Å². The highest BCUT2D eigenvalue weighted by atomic mass is 31.2. The first-order chi connectivity index (χ1) is 6.34. The van der Waals surface area contributed by atoms with Gasteiger partial charge in [-0.15, -0.1) is 0 Å². The van der Waals surface area contributed by atoms with Crippen LogP contribution in [-0.2, 0) is 13.9 Å². The quantitative estimate of drug-likeness (QED) is 0.647. The Bertz CT molecular complexity index is 244. The SMILES string of the molecule is CCOP(=O)(N(C)C)N(C)CC(N)=O. The second-order valence-corrected chi connectivity index (χ2v) is 5.76. The van der Waals surface area contributed by atoms with Crippen LogP contribution in [0.2, 0.25) is 0 Å². The zero-order valence-electron chi connectivity index (χ0n) is 9.06. The summed E-state index contributed by atoms with van der Waals surface area (Å²) >= 11 is 0. The average molecular weight is 223 g/mol. The first-order valence-electron chi connectivity index (χ1n) is 4.27. The number of primary amides is 1. The molecule has 0 aromatic carbocycles. The summed E-state index contributed by atoms with van der Waals surface area (Å²) in [5.41, 5.74) is 5.01. The summed E-state index contributed by atoms with van der Waals surface area (Å²) in [6.45, 7) is 1.97. The molecule has 1 unspecified atom stereocenters. The largest absolute Gasteiger partial charge is 0.369 e. The highest BCUT2D eigenvalue weighted by molar-refractivity contribution is 7.53. The van der Waals surface area contributed by atoms with E-state index in [1.807, 2.05) is 0 Å². The Kier molecular flexibility index (Phi) is 5.29. The van der Waals surface area contributed by atoms with E-state index in [1.54, 1.807) is 28.1 Å². The Balaban J connectivity index is 4.64. The molecule has 0 bridgehead atoms. The highest BCUT2D eigenvalue weighted by Gasteiger charge is 2.32. The molecular weight excluding hydrogens is 205 g/mol. The molecule has 84 valence electrons. The van der Waals surface area contributed by atoms with Crippen LogP contribution in [-0.4, -0.2) is 49.5 Å². The van der Waals surface area contributed by atoms with Crippen LogP contribution in [0.1, 0.15) is 6.92 Å². The van der Waals surface area contributed by atoms with E-state index >= 15 is 0 Å². The van der Waals surface area contributed by atoms with Crippen LogP contribution in [0.15, 0.2) is 0 Å². The summed E-state index contributed by atoms with van der Waals surface area (Å²) < 4.78 is 20.1. The predicted octanol–water partition coefficient (Wildman–Crippen LogP) is 0.110. The number of carbonyl (C=O) groups is 1. The zero-order valence-corrected chi connectivity index (χ0v) is 9.95. The van der Waals surface area contributed by atoms with Crippen molar-refractivity contribution >= 4 is 13.6 Å². The molecule has 0 radical (unpaired) electrons. The van der Waals surface area contributed by atoms with Crippen molar-refractivity contribution in [1.29, 1.82) is 0 Å². The predicted molar refractivity (Wildman–Crippen MR) is 54.7 cm³/mol. The zero-order chi connectivity index (χ0) is 11.4. The fourth-order valence-electron chi connectivity index (χ4n) is 1.00. The molecular formula is C7H18N3O3P. The molecule has 0 fully saturated rings. The van der Waals surface area contributed by atoms with E-state index < -0.39 is 13.6 Å². The van der Waals surface area contributed by atoms with Crippen molar-refractivity contribution < 1.29 is 13.9 Å². The van der Waals surface area contributed by atoms with Crippen LogP contribution in [0.5, 0.6) is 0 Å². The van der Waals surface area contributed by atoms with Crippen LogP contribution < -0.4 is 5.73 Å². The van der Waals surface area contributed by atoms with E-state index in [1.165, 1.54) is 9.34 Å². The van der Waals surface area contributed by atoms with Crippen molar-refractivity contribution in [3.63, 3.8) is 0 Å². The second kappa shape index (κ2) is 5.46. The van der Waals surface area contributed by atoms with E-state index in [2.05, 4.69) is 0 Å². The molecule has 1 amide bonds. The number of rotatable bonds is 6. The molecule has 0 aliphatic heterocycles. The van der Waals surface area contributed by atoms with Gasteiger partial charge in [0.2, 0.25) is 5.91 Å². The lowest BCUT2D eigenvalue weighted by Gasteiger charge is -2.30. The van der Waals surface area contributed by atoms with Gasteiger partial charge in [-0.05, 0) is 28.1 Å². The van der Waals surface area contributed by atoms with Gasteiger partial charge in [-0.1, -0.05) is 0 Å². The Morgan fingerprint density at radius 1 is 1.43 bits per heavy atom. The summed E-state index contributed by atoms with van der Waals surface area (Å²) in [6, 6.07) is 0. The summed E-state index contributed by atoms with van der Waals surface area (Å²) in [5, 5.41) is 0. The van der Waals surface area contributed by atoms with Gasteiger partial charge < -0.3 is 10.3 Å². The minimum absolute atomic E-state index is 0.0878. The van der Waals surface area contributed by atoms with Gasteiger partial charge in [0.25, 0.3) is 0 Å². The van der Waals surface area contributed by atoms with E-state index in [0.29, 0.717) is 6.61 Å². The Morgan fingerprint density at radius 3 is 2.21 bits per heavy atom. The molecule has 14 heavy (non-hydrogen) atoms. The molecule has 7 heteroatoms. The van der Waals surface area contributed by atoms with E-state index in [-0.39, 0.29) is 6.54 Å². The number of amides is 1. The molecule has 0 heterocycles. The van der Waals surface area contributed by atoms with Crippen LogP contribution in [0.4, 0.5) is 0 Å². The third-order valence-corrected chi connectivity index (χ3v) is 4.23. The average Bonchev–Trinajstić information content (AvgIpc) is 2.02. The third-order valence-electron chi connectivity index (χ3n) is 1.62. The van der Waals surface area contributed by atoms with Crippen molar-refractivity contribution in [3.8, 4) is 0 Å². The van der Waals surface area contributed by atoms with E-state index in [4.69, 9.17) is 10.3 Å². The van der Waals surface area contributed by atoms with E-state index in [0.717, 1.165) is 0 Å². The lowest BCUT2D eigenvalue weighted by molar-refractivity contribution is -0.118. The number of hydrogen-bond donors (Lipinski definition) is 1. The van der Waals surface area contributed by atoms with Gasteiger partial charge in [0, 0.05) is 0 Å². The van der Waals surface area contributed by atoms with Crippen molar-refractivity contribution in [2.45, 2.75) is 6.92 Å². The van der Waals surface area contributed by atoms with Crippen molar-refractivity contribution in [1.82, 2.24) is 9.34 Å². The lowest BCUT2D eigenvalue weighted by atomic mass is 10.6. The number of nitrogens with zero attached hydrogens (tertiary/aromatic N) is 2. The summed E-state index contributed by atoms with van der Waals surface area (Å²) in [7, 11) is 1.74. The lowest BCUT2D eigenvalue weighted by Crippen LogP contribution is -2.33. The fourth-order valence-corrected chi connectivity index (χ4v) is 2.70. The van der Waals surface area contributed by atoms with Crippen LogP contribution in [0.3, 0.4) is 0 Å². The van der Waals surface area contributed by atoms with Gasteiger partial charge in [-0.2, -0.15) is 0 Å².